The van der Waals surface area contributed by atoms with Gasteiger partial charge in [0.2, 0.25) is 5.91 Å². The normalized spacial score (nSPS) is 11.9. The van der Waals surface area contributed by atoms with Crippen LogP contribution in [0, 0.1) is 6.92 Å². The van der Waals surface area contributed by atoms with E-state index in [4.69, 9.17) is 4.74 Å². The van der Waals surface area contributed by atoms with Gasteiger partial charge in [-0.25, -0.2) is 0 Å². The zero-order chi connectivity index (χ0) is 20.6. The molecule has 4 nitrogen and oxygen atoms in total. The summed E-state index contributed by atoms with van der Waals surface area (Å²) in [6.07, 6.45) is 0. The fourth-order valence-electron chi connectivity index (χ4n) is 3.31. The molecule has 0 radical (unpaired) electrons. The fourth-order valence-corrected chi connectivity index (χ4v) is 3.31. The second-order valence-corrected chi connectivity index (χ2v) is 7.34. The zero-order valence-corrected chi connectivity index (χ0v) is 17.3. The van der Waals surface area contributed by atoms with Crippen molar-refractivity contribution in [2.45, 2.75) is 19.5 Å². The van der Waals surface area contributed by atoms with Crippen LogP contribution in [0.1, 0.15) is 28.3 Å². The van der Waals surface area contributed by atoms with E-state index in [1.807, 2.05) is 66.5 Å². The van der Waals surface area contributed by atoms with E-state index in [0.717, 1.165) is 23.4 Å². The third-order valence-corrected chi connectivity index (χ3v) is 4.87. The van der Waals surface area contributed by atoms with Crippen LogP contribution in [0.5, 0.6) is 5.75 Å². The predicted molar refractivity (Wildman–Crippen MR) is 117 cm³/mol. The molecule has 0 bridgehead atoms. The van der Waals surface area contributed by atoms with Crippen LogP contribution in [0.25, 0.3) is 0 Å². The Hall–Kier alpha value is -3.11. The highest BCUT2D eigenvalue weighted by Crippen LogP contribution is 2.24. The highest BCUT2D eigenvalue weighted by atomic mass is 16.5. The molecule has 0 aliphatic carbocycles. The van der Waals surface area contributed by atoms with Crippen molar-refractivity contribution in [1.82, 2.24) is 10.2 Å². The summed E-state index contributed by atoms with van der Waals surface area (Å²) < 4.78 is 5.26. The van der Waals surface area contributed by atoms with Crippen LogP contribution >= 0.6 is 0 Å². The molecule has 3 aromatic rings. The number of carbonyl (C=O) groups is 1. The number of carbonyl (C=O) groups excluding carboxylic acids is 1. The first-order chi connectivity index (χ1) is 14.0. The van der Waals surface area contributed by atoms with E-state index < -0.39 is 0 Å². The standard InChI is InChI=1S/C25H28N2O2/c1-19-9-11-20(12-10-19)17-27(2)18-24(28)26-25(21-7-5-4-6-8-21)22-13-15-23(29-3)16-14-22/h4-16,25H,17-18H2,1-3H3,(H,26,28)/t25-/m0/s1. The molecule has 1 N–H and O–H groups in total. The van der Waals surface area contributed by atoms with Crippen molar-refractivity contribution in [1.29, 1.82) is 0 Å². The number of rotatable bonds is 8. The third kappa shape index (κ3) is 5.93. The van der Waals surface area contributed by atoms with Gasteiger partial charge >= 0.3 is 0 Å². The lowest BCUT2D eigenvalue weighted by Crippen LogP contribution is -2.37. The van der Waals surface area contributed by atoms with Gasteiger partial charge in [-0.2, -0.15) is 0 Å². The molecule has 0 saturated carbocycles. The molecule has 0 saturated heterocycles. The Bertz CT molecular complexity index is 906. The molecule has 1 atom stereocenters. The predicted octanol–water partition coefficient (Wildman–Crippen LogP) is 4.34. The fraction of sp³-hybridized carbons (Fsp3) is 0.240. The summed E-state index contributed by atoms with van der Waals surface area (Å²) in [5, 5.41) is 3.19. The summed E-state index contributed by atoms with van der Waals surface area (Å²) in [5.74, 6) is 0.786. The van der Waals surface area contributed by atoms with Gasteiger partial charge in [-0.15, -0.1) is 0 Å². The maximum Gasteiger partial charge on any atom is 0.234 e. The number of aryl methyl sites for hydroxylation is 1. The number of hydrogen-bond donors (Lipinski definition) is 1. The quantitative estimate of drug-likeness (QED) is 0.624. The molecule has 3 rings (SSSR count). The van der Waals surface area contributed by atoms with Crippen molar-refractivity contribution < 1.29 is 9.53 Å². The minimum Gasteiger partial charge on any atom is -0.497 e. The van der Waals surface area contributed by atoms with Gasteiger partial charge in [0.1, 0.15) is 5.75 Å². The van der Waals surface area contributed by atoms with E-state index >= 15 is 0 Å². The Morgan fingerprint density at radius 2 is 1.55 bits per heavy atom. The molecule has 3 aromatic carbocycles. The van der Waals surface area contributed by atoms with Gasteiger partial charge in [0.25, 0.3) is 0 Å². The summed E-state index contributed by atoms with van der Waals surface area (Å²) in [4.78, 5) is 14.8. The topological polar surface area (TPSA) is 41.6 Å². The average Bonchev–Trinajstić information content (AvgIpc) is 2.74. The van der Waals surface area contributed by atoms with Gasteiger partial charge in [0.15, 0.2) is 0 Å². The number of ether oxygens (including phenoxy) is 1. The Labute approximate surface area is 173 Å². The highest BCUT2D eigenvalue weighted by molar-refractivity contribution is 5.79. The van der Waals surface area contributed by atoms with E-state index in [1.165, 1.54) is 11.1 Å². The van der Waals surface area contributed by atoms with Crippen molar-refractivity contribution in [3.05, 3.63) is 101 Å². The summed E-state index contributed by atoms with van der Waals surface area (Å²) in [6.45, 7) is 3.13. The molecule has 0 unspecified atom stereocenters. The Balaban J connectivity index is 1.69. The molecule has 0 aromatic heterocycles. The minimum atomic E-state index is -0.206. The van der Waals surface area contributed by atoms with E-state index in [2.05, 4.69) is 36.5 Å². The van der Waals surface area contributed by atoms with Crippen LogP contribution in [0.3, 0.4) is 0 Å². The molecular formula is C25H28N2O2. The third-order valence-electron chi connectivity index (χ3n) is 4.87. The average molecular weight is 389 g/mol. The van der Waals surface area contributed by atoms with E-state index in [0.29, 0.717) is 6.54 Å². The van der Waals surface area contributed by atoms with Gasteiger partial charge in [-0.05, 0) is 42.8 Å². The van der Waals surface area contributed by atoms with Gasteiger partial charge in [0, 0.05) is 6.54 Å². The molecule has 0 spiro atoms. The van der Waals surface area contributed by atoms with Crippen LogP contribution in [0.4, 0.5) is 0 Å². The molecule has 0 heterocycles. The first kappa shape index (κ1) is 20.6. The van der Waals surface area contributed by atoms with Crippen LogP contribution in [0.2, 0.25) is 0 Å². The van der Waals surface area contributed by atoms with Crippen LogP contribution < -0.4 is 10.1 Å². The number of likely N-dealkylation sites (N-methyl/N-ethyl adjacent to an activating group) is 1. The monoisotopic (exact) mass is 388 g/mol. The second-order valence-electron chi connectivity index (χ2n) is 7.34. The Morgan fingerprint density at radius 3 is 2.17 bits per heavy atom. The lowest BCUT2D eigenvalue weighted by Gasteiger charge is -2.22. The van der Waals surface area contributed by atoms with Gasteiger partial charge in [-0.3, -0.25) is 9.69 Å². The first-order valence-corrected chi connectivity index (χ1v) is 9.77. The number of hydrogen-bond acceptors (Lipinski definition) is 3. The van der Waals surface area contributed by atoms with Gasteiger partial charge in [0.05, 0.1) is 19.7 Å². The number of nitrogens with zero attached hydrogens (tertiary/aromatic N) is 1. The molecule has 150 valence electrons. The van der Waals surface area contributed by atoms with Crippen molar-refractivity contribution in [2.24, 2.45) is 0 Å². The lowest BCUT2D eigenvalue weighted by molar-refractivity contribution is -0.122. The largest absolute Gasteiger partial charge is 0.497 e. The zero-order valence-electron chi connectivity index (χ0n) is 17.3. The maximum absolute atomic E-state index is 12.8. The first-order valence-electron chi connectivity index (χ1n) is 9.77. The van der Waals surface area contributed by atoms with Crippen LogP contribution in [0.15, 0.2) is 78.9 Å². The van der Waals surface area contributed by atoms with E-state index in [1.54, 1.807) is 7.11 Å². The van der Waals surface area contributed by atoms with Crippen LogP contribution in [-0.4, -0.2) is 31.5 Å². The van der Waals surface area contributed by atoms with Crippen molar-refractivity contribution >= 4 is 5.91 Å². The summed E-state index contributed by atoms with van der Waals surface area (Å²) >= 11 is 0. The Morgan fingerprint density at radius 1 is 0.931 bits per heavy atom. The van der Waals surface area contributed by atoms with Crippen molar-refractivity contribution in [3.63, 3.8) is 0 Å². The molecule has 0 aliphatic heterocycles. The summed E-state index contributed by atoms with van der Waals surface area (Å²) in [6, 6.07) is 26.0. The van der Waals surface area contributed by atoms with Crippen LogP contribution in [-0.2, 0) is 11.3 Å². The number of methoxy groups -OCH3 is 1. The molecule has 0 fully saturated rings. The maximum atomic E-state index is 12.8. The molecule has 29 heavy (non-hydrogen) atoms. The minimum absolute atomic E-state index is 0.00992. The molecule has 0 aliphatic rings. The highest BCUT2D eigenvalue weighted by Gasteiger charge is 2.18. The summed E-state index contributed by atoms with van der Waals surface area (Å²) in [7, 11) is 3.61. The van der Waals surface area contributed by atoms with Gasteiger partial charge < -0.3 is 10.1 Å². The molecular weight excluding hydrogens is 360 g/mol. The van der Waals surface area contributed by atoms with Crippen molar-refractivity contribution in [3.8, 4) is 5.75 Å². The number of amides is 1. The van der Waals surface area contributed by atoms with Crippen molar-refractivity contribution in [2.75, 3.05) is 20.7 Å². The van der Waals surface area contributed by atoms with Gasteiger partial charge in [-0.1, -0.05) is 72.3 Å². The molecule has 4 heteroatoms. The van der Waals surface area contributed by atoms with E-state index in [9.17, 15) is 4.79 Å². The SMILES string of the molecule is COc1ccc([C@@H](NC(=O)CN(C)Cc2ccc(C)cc2)c2ccccc2)cc1. The second kappa shape index (κ2) is 9.89. The Kier molecular flexibility index (Phi) is 7.04. The molecule has 1 amide bonds. The lowest BCUT2D eigenvalue weighted by atomic mass is 9.98. The number of benzene rings is 3. The number of nitrogens with one attached hydrogen (secondary N) is 1. The smallest absolute Gasteiger partial charge is 0.234 e. The van der Waals surface area contributed by atoms with E-state index in [-0.39, 0.29) is 11.9 Å². The summed E-state index contributed by atoms with van der Waals surface area (Å²) in [5.41, 5.74) is 4.50.